The molecule has 0 unspecified atom stereocenters. The van der Waals surface area contributed by atoms with Crippen LogP contribution in [0.4, 0.5) is 5.69 Å². The molecule has 0 saturated carbocycles. The third-order valence-corrected chi connectivity index (χ3v) is 3.75. The molecule has 0 fully saturated rings. The molecular formula is C18H16N2O3. The van der Waals surface area contributed by atoms with E-state index in [0.29, 0.717) is 11.3 Å². The van der Waals surface area contributed by atoms with Gasteiger partial charge in [0, 0.05) is 18.2 Å². The van der Waals surface area contributed by atoms with E-state index in [2.05, 4.69) is 5.32 Å². The lowest BCUT2D eigenvalue weighted by atomic mass is 9.98. The smallest absolute Gasteiger partial charge is 0.261 e. The highest BCUT2D eigenvalue weighted by Crippen LogP contribution is 2.22. The Bertz CT molecular complexity index is 781. The molecule has 23 heavy (non-hydrogen) atoms. The molecule has 3 amide bonds. The van der Waals surface area contributed by atoms with E-state index in [1.807, 2.05) is 12.1 Å². The molecule has 0 aromatic heterocycles. The number of carbonyl (C=O) groups is 3. The quantitative estimate of drug-likeness (QED) is 0.885. The van der Waals surface area contributed by atoms with Crippen LogP contribution in [0.1, 0.15) is 28.4 Å². The largest absolute Gasteiger partial charge is 0.326 e. The van der Waals surface area contributed by atoms with Crippen molar-refractivity contribution in [1.82, 2.24) is 4.90 Å². The molecule has 5 heteroatoms. The van der Waals surface area contributed by atoms with E-state index in [1.165, 1.54) is 11.8 Å². The maximum Gasteiger partial charge on any atom is 0.261 e. The molecule has 0 bridgehead atoms. The predicted octanol–water partition coefficient (Wildman–Crippen LogP) is 2.37. The first kappa shape index (κ1) is 15.0. The number of rotatable bonds is 3. The zero-order valence-corrected chi connectivity index (χ0v) is 12.7. The van der Waals surface area contributed by atoms with Crippen LogP contribution in [0.15, 0.2) is 48.5 Å². The molecule has 0 saturated heterocycles. The Hall–Kier alpha value is -2.95. The molecule has 0 atom stereocenters. The van der Waals surface area contributed by atoms with E-state index in [-0.39, 0.29) is 30.7 Å². The Morgan fingerprint density at radius 2 is 1.78 bits per heavy atom. The van der Waals surface area contributed by atoms with E-state index in [9.17, 15) is 14.4 Å². The molecule has 1 aliphatic rings. The number of hydrogen-bond acceptors (Lipinski definition) is 3. The molecule has 0 spiro atoms. The first-order valence-electron chi connectivity index (χ1n) is 7.34. The lowest BCUT2D eigenvalue weighted by Crippen LogP contribution is -2.41. The fraction of sp³-hybridized carbons (Fsp3) is 0.167. The van der Waals surface area contributed by atoms with Crippen molar-refractivity contribution in [1.29, 1.82) is 0 Å². The lowest BCUT2D eigenvalue weighted by Gasteiger charge is -2.26. The van der Waals surface area contributed by atoms with Crippen LogP contribution in [0.3, 0.4) is 0 Å². The minimum atomic E-state index is -0.261. The van der Waals surface area contributed by atoms with Gasteiger partial charge in [-0.2, -0.15) is 0 Å². The Kier molecular flexibility index (Phi) is 3.93. The third-order valence-electron chi connectivity index (χ3n) is 3.75. The summed E-state index contributed by atoms with van der Waals surface area (Å²) in [4.78, 5) is 37.0. The summed E-state index contributed by atoms with van der Waals surface area (Å²) < 4.78 is 0. The van der Waals surface area contributed by atoms with Gasteiger partial charge >= 0.3 is 0 Å². The second kappa shape index (κ2) is 6.04. The van der Waals surface area contributed by atoms with E-state index >= 15 is 0 Å². The summed E-state index contributed by atoms with van der Waals surface area (Å²) in [5.74, 6) is -0.599. The first-order valence-corrected chi connectivity index (χ1v) is 7.34. The maximum absolute atomic E-state index is 12.5. The molecule has 1 aliphatic heterocycles. The van der Waals surface area contributed by atoms with Crippen LogP contribution in [-0.2, 0) is 22.6 Å². The van der Waals surface area contributed by atoms with Gasteiger partial charge in [-0.15, -0.1) is 0 Å². The van der Waals surface area contributed by atoms with Crippen molar-refractivity contribution in [3.8, 4) is 0 Å². The standard InChI is InChI=1S/C18H16N2O3/c1-12(21)19-15-8-6-13(7-9-15)11-20-17(22)10-14-4-2-3-5-16(14)18(20)23/h2-9H,10-11H2,1H3,(H,19,21). The number of fused-ring (bicyclic) bond motifs is 1. The average Bonchev–Trinajstić information content (AvgIpc) is 2.52. The zero-order valence-electron chi connectivity index (χ0n) is 12.7. The number of imide groups is 1. The van der Waals surface area contributed by atoms with Gasteiger partial charge < -0.3 is 5.32 Å². The van der Waals surface area contributed by atoms with E-state index < -0.39 is 0 Å². The summed E-state index contributed by atoms with van der Waals surface area (Å²) in [6.45, 7) is 1.67. The summed E-state index contributed by atoms with van der Waals surface area (Å²) in [6, 6.07) is 14.3. The minimum absolute atomic E-state index is 0.143. The molecule has 0 aliphatic carbocycles. The summed E-state index contributed by atoms with van der Waals surface area (Å²) in [6.07, 6.45) is 0.242. The van der Waals surface area contributed by atoms with Crippen molar-refractivity contribution in [3.63, 3.8) is 0 Å². The van der Waals surface area contributed by atoms with Crippen LogP contribution in [0.2, 0.25) is 0 Å². The number of anilines is 1. The lowest BCUT2D eigenvalue weighted by molar-refractivity contribution is -0.128. The summed E-state index contributed by atoms with van der Waals surface area (Å²) in [5, 5.41) is 2.68. The van der Waals surface area contributed by atoms with Crippen LogP contribution in [-0.4, -0.2) is 22.6 Å². The van der Waals surface area contributed by atoms with Crippen molar-refractivity contribution >= 4 is 23.4 Å². The van der Waals surface area contributed by atoms with Crippen molar-refractivity contribution in [2.45, 2.75) is 19.9 Å². The van der Waals surface area contributed by atoms with Gasteiger partial charge in [-0.05, 0) is 29.3 Å². The summed E-state index contributed by atoms with van der Waals surface area (Å²) in [5.41, 5.74) is 2.88. The SMILES string of the molecule is CC(=O)Nc1ccc(CN2C(=O)Cc3ccccc3C2=O)cc1. The Morgan fingerprint density at radius 1 is 1.09 bits per heavy atom. The Balaban J connectivity index is 1.79. The normalized spacial score (nSPS) is 13.7. The molecule has 3 rings (SSSR count). The number of nitrogens with one attached hydrogen (secondary N) is 1. The van der Waals surface area contributed by atoms with Crippen molar-refractivity contribution in [3.05, 3.63) is 65.2 Å². The number of carbonyl (C=O) groups excluding carboxylic acids is 3. The van der Waals surface area contributed by atoms with Crippen molar-refractivity contribution in [2.24, 2.45) is 0 Å². The fourth-order valence-corrected chi connectivity index (χ4v) is 2.64. The van der Waals surface area contributed by atoms with Crippen LogP contribution in [0.5, 0.6) is 0 Å². The molecule has 0 radical (unpaired) electrons. The number of amides is 3. The molecule has 2 aromatic carbocycles. The fourth-order valence-electron chi connectivity index (χ4n) is 2.64. The monoisotopic (exact) mass is 308 g/mol. The average molecular weight is 308 g/mol. The van der Waals surface area contributed by atoms with Crippen LogP contribution < -0.4 is 5.32 Å². The van der Waals surface area contributed by atoms with Gasteiger partial charge in [-0.3, -0.25) is 19.3 Å². The second-order valence-corrected chi connectivity index (χ2v) is 5.50. The van der Waals surface area contributed by atoms with Gasteiger partial charge in [-0.25, -0.2) is 0 Å². The second-order valence-electron chi connectivity index (χ2n) is 5.50. The van der Waals surface area contributed by atoms with Crippen LogP contribution >= 0.6 is 0 Å². The van der Waals surface area contributed by atoms with Crippen LogP contribution in [0.25, 0.3) is 0 Å². The number of benzene rings is 2. The maximum atomic E-state index is 12.5. The van der Waals surface area contributed by atoms with Gasteiger partial charge in [0.15, 0.2) is 0 Å². The Morgan fingerprint density at radius 3 is 2.48 bits per heavy atom. The van der Waals surface area contributed by atoms with Crippen LogP contribution in [0, 0.1) is 0 Å². The number of nitrogens with zero attached hydrogens (tertiary/aromatic N) is 1. The van der Waals surface area contributed by atoms with Crippen molar-refractivity contribution < 1.29 is 14.4 Å². The van der Waals surface area contributed by atoms with Gasteiger partial charge in [0.25, 0.3) is 5.91 Å². The van der Waals surface area contributed by atoms with E-state index in [4.69, 9.17) is 0 Å². The Labute approximate surface area is 133 Å². The summed E-state index contributed by atoms with van der Waals surface area (Å²) in [7, 11) is 0. The predicted molar refractivity (Wildman–Crippen MR) is 85.8 cm³/mol. The molecule has 2 aromatic rings. The molecular weight excluding hydrogens is 292 g/mol. The zero-order chi connectivity index (χ0) is 16.4. The number of hydrogen-bond donors (Lipinski definition) is 1. The van der Waals surface area contributed by atoms with Gasteiger partial charge in [0.2, 0.25) is 11.8 Å². The topological polar surface area (TPSA) is 66.5 Å². The molecule has 116 valence electrons. The van der Waals surface area contributed by atoms with Gasteiger partial charge in [-0.1, -0.05) is 30.3 Å². The third kappa shape index (κ3) is 3.13. The summed E-state index contributed by atoms with van der Waals surface area (Å²) >= 11 is 0. The highest BCUT2D eigenvalue weighted by atomic mass is 16.2. The molecule has 1 heterocycles. The highest BCUT2D eigenvalue weighted by molar-refractivity contribution is 6.09. The highest BCUT2D eigenvalue weighted by Gasteiger charge is 2.30. The molecule has 1 N–H and O–H groups in total. The van der Waals surface area contributed by atoms with Crippen molar-refractivity contribution in [2.75, 3.05) is 5.32 Å². The molecule has 5 nitrogen and oxygen atoms in total. The van der Waals surface area contributed by atoms with Gasteiger partial charge in [0.1, 0.15) is 0 Å². The van der Waals surface area contributed by atoms with E-state index in [1.54, 1.807) is 36.4 Å². The minimum Gasteiger partial charge on any atom is -0.326 e. The van der Waals surface area contributed by atoms with E-state index in [0.717, 1.165) is 11.1 Å². The van der Waals surface area contributed by atoms with Gasteiger partial charge in [0.05, 0.1) is 13.0 Å². The first-order chi connectivity index (χ1) is 11.0.